The van der Waals surface area contributed by atoms with E-state index >= 15 is 0 Å². The molecule has 0 aliphatic carbocycles. The fraction of sp³-hybridized carbons (Fsp3) is 0.125. The number of carboxylic acid groups (broad SMARTS) is 1. The highest BCUT2D eigenvalue weighted by Crippen LogP contribution is 2.26. The molecular weight excluding hydrogens is 332 g/mol. The van der Waals surface area contributed by atoms with E-state index in [9.17, 15) is 18.3 Å². The molecule has 0 bridgehead atoms. The Morgan fingerprint density at radius 1 is 1.29 bits per heavy atom. The zero-order valence-electron chi connectivity index (χ0n) is 12.7. The quantitative estimate of drug-likeness (QED) is 0.828. The molecule has 0 aliphatic heterocycles. The van der Waals surface area contributed by atoms with Crippen LogP contribution >= 0.6 is 0 Å². The molecule has 0 spiro atoms. The summed E-state index contributed by atoms with van der Waals surface area (Å²) in [5, 5.41) is 18.0. The molecule has 2 aromatic carbocycles. The van der Waals surface area contributed by atoms with Crippen molar-refractivity contribution in [1.29, 1.82) is 5.26 Å². The number of carboxylic acids is 1. The summed E-state index contributed by atoms with van der Waals surface area (Å²) in [5.41, 5.74) is -0.00183. The Labute approximate surface area is 139 Å². The Balaban J connectivity index is 2.51. The maximum absolute atomic E-state index is 12.6. The second kappa shape index (κ2) is 7.02. The largest absolute Gasteiger partial charge is 0.497 e. The molecule has 7 nitrogen and oxygen atoms in total. The molecule has 0 aliphatic rings. The zero-order valence-corrected chi connectivity index (χ0v) is 13.5. The number of hydrogen-bond donors (Lipinski definition) is 2. The van der Waals surface area contributed by atoms with Crippen LogP contribution in [0, 0.1) is 11.3 Å². The van der Waals surface area contributed by atoms with E-state index in [1.807, 2.05) is 6.07 Å². The fourth-order valence-electron chi connectivity index (χ4n) is 2.12. The molecule has 0 unspecified atom stereocenters. The van der Waals surface area contributed by atoms with Crippen molar-refractivity contribution >= 4 is 21.7 Å². The number of hydrogen-bond acceptors (Lipinski definition) is 5. The van der Waals surface area contributed by atoms with Crippen molar-refractivity contribution < 1.29 is 23.1 Å². The average molecular weight is 346 g/mol. The lowest BCUT2D eigenvalue weighted by atomic mass is 10.2. The Morgan fingerprint density at radius 3 is 2.62 bits per heavy atom. The van der Waals surface area contributed by atoms with Crippen LogP contribution in [0.1, 0.15) is 15.9 Å². The molecule has 124 valence electrons. The molecule has 2 N–H and O–H groups in total. The highest BCUT2D eigenvalue weighted by atomic mass is 32.2. The summed E-state index contributed by atoms with van der Waals surface area (Å²) in [5.74, 6) is -0.969. The van der Waals surface area contributed by atoms with E-state index < -0.39 is 16.0 Å². The van der Waals surface area contributed by atoms with Gasteiger partial charge in [0, 0.05) is 6.07 Å². The van der Waals surface area contributed by atoms with Gasteiger partial charge in [0.05, 0.1) is 35.7 Å². The van der Waals surface area contributed by atoms with Crippen LogP contribution in [0.3, 0.4) is 0 Å². The van der Waals surface area contributed by atoms with Crippen molar-refractivity contribution in [2.45, 2.75) is 11.3 Å². The van der Waals surface area contributed by atoms with Gasteiger partial charge in [-0.25, -0.2) is 13.2 Å². The van der Waals surface area contributed by atoms with Gasteiger partial charge in [0.2, 0.25) is 0 Å². The highest BCUT2D eigenvalue weighted by Gasteiger charge is 2.21. The third-order valence-corrected chi connectivity index (χ3v) is 4.70. The molecule has 2 aromatic rings. The molecule has 0 saturated carbocycles. The summed E-state index contributed by atoms with van der Waals surface area (Å²) in [6.07, 6.45) is -0.0824. The van der Waals surface area contributed by atoms with Gasteiger partial charge in [-0.1, -0.05) is 18.2 Å². The maximum atomic E-state index is 12.6. The van der Waals surface area contributed by atoms with Gasteiger partial charge in [-0.2, -0.15) is 5.26 Å². The maximum Gasteiger partial charge on any atom is 0.337 e. The molecule has 0 radical (unpaired) electrons. The van der Waals surface area contributed by atoms with Crippen LogP contribution in [0.5, 0.6) is 5.75 Å². The number of aromatic carboxylic acids is 1. The smallest absolute Gasteiger partial charge is 0.337 e. The first kappa shape index (κ1) is 17.3. The second-order valence-electron chi connectivity index (χ2n) is 4.76. The van der Waals surface area contributed by atoms with Crippen LogP contribution in [0.2, 0.25) is 0 Å². The van der Waals surface area contributed by atoms with Gasteiger partial charge < -0.3 is 9.84 Å². The molecule has 24 heavy (non-hydrogen) atoms. The third-order valence-electron chi connectivity index (χ3n) is 3.23. The number of nitrogens with one attached hydrogen (secondary N) is 1. The number of rotatable bonds is 6. The molecule has 0 atom stereocenters. The number of nitriles is 1. The molecule has 2 rings (SSSR count). The molecule has 0 aromatic heterocycles. The number of nitrogens with zero attached hydrogens (tertiary/aromatic N) is 1. The number of sulfonamides is 1. The molecule has 0 amide bonds. The van der Waals surface area contributed by atoms with E-state index in [4.69, 9.17) is 10.00 Å². The van der Waals surface area contributed by atoms with Gasteiger partial charge in [-0.3, -0.25) is 4.72 Å². The number of methoxy groups -OCH3 is 1. The van der Waals surface area contributed by atoms with Gasteiger partial charge in [0.1, 0.15) is 5.75 Å². The number of carbonyl (C=O) groups is 1. The molecular formula is C16H14N2O5S. The van der Waals surface area contributed by atoms with E-state index in [-0.39, 0.29) is 22.6 Å². The van der Waals surface area contributed by atoms with Crippen LogP contribution in [0.25, 0.3) is 0 Å². The van der Waals surface area contributed by atoms with Gasteiger partial charge >= 0.3 is 5.97 Å². The van der Waals surface area contributed by atoms with Crippen LogP contribution < -0.4 is 9.46 Å². The molecule has 0 heterocycles. The van der Waals surface area contributed by atoms with Crippen molar-refractivity contribution in [2.24, 2.45) is 0 Å². The minimum Gasteiger partial charge on any atom is -0.497 e. The minimum atomic E-state index is -4.07. The summed E-state index contributed by atoms with van der Waals surface area (Å²) in [6.45, 7) is 0. The summed E-state index contributed by atoms with van der Waals surface area (Å²) < 4.78 is 32.5. The summed E-state index contributed by atoms with van der Waals surface area (Å²) >= 11 is 0. The van der Waals surface area contributed by atoms with Crippen molar-refractivity contribution in [1.82, 2.24) is 0 Å². The summed E-state index contributed by atoms with van der Waals surface area (Å²) in [7, 11) is -2.68. The average Bonchev–Trinajstić information content (AvgIpc) is 2.54. The minimum absolute atomic E-state index is 0.0780. The van der Waals surface area contributed by atoms with Crippen LogP contribution in [0.4, 0.5) is 5.69 Å². The first-order valence-corrected chi connectivity index (χ1v) is 8.26. The first-order chi connectivity index (χ1) is 11.4. The monoisotopic (exact) mass is 346 g/mol. The Bertz CT molecular complexity index is 916. The van der Waals surface area contributed by atoms with Gasteiger partial charge in [-0.15, -0.1) is 0 Å². The number of anilines is 1. The standard InChI is InChI=1S/C16H14N2O5S/c1-23-12-6-7-13(16(19)20)14(10-12)18-24(21,22)15-5-3-2-4-11(15)8-9-17/h2-7,10,18H,8H2,1H3,(H,19,20). The molecule has 8 heteroatoms. The summed E-state index contributed by atoms with van der Waals surface area (Å²) in [6, 6.07) is 11.9. The van der Waals surface area contributed by atoms with Crippen LogP contribution in [-0.4, -0.2) is 26.6 Å². The van der Waals surface area contributed by atoms with Crippen molar-refractivity contribution in [2.75, 3.05) is 11.8 Å². The third kappa shape index (κ3) is 3.64. The number of ether oxygens (including phenoxy) is 1. The Hall–Kier alpha value is -3.05. The predicted molar refractivity (Wildman–Crippen MR) is 86.5 cm³/mol. The predicted octanol–water partition coefficient (Wildman–Crippen LogP) is 2.26. The fourth-order valence-corrected chi connectivity index (χ4v) is 3.43. The number of benzene rings is 2. The highest BCUT2D eigenvalue weighted by molar-refractivity contribution is 7.92. The van der Waals surface area contributed by atoms with E-state index in [0.717, 1.165) is 0 Å². The lowest BCUT2D eigenvalue weighted by Gasteiger charge is -2.13. The van der Waals surface area contributed by atoms with Gasteiger partial charge in [-0.05, 0) is 23.8 Å². The van der Waals surface area contributed by atoms with E-state index in [0.29, 0.717) is 11.3 Å². The molecule has 0 fully saturated rings. The van der Waals surface area contributed by atoms with Crippen molar-refractivity contribution in [3.05, 3.63) is 53.6 Å². The van der Waals surface area contributed by atoms with Crippen LogP contribution in [-0.2, 0) is 16.4 Å². The second-order valence-corrected chi connectivity index (χ2v) is 6.42. The van der Waals surface area contributed by atoms with Crippen LogP contribution in [0.15, 0.2) is 47.4 Å². The lowest BCUT2D eigenvalue weighted by molar-refractivity contribution is 0.0698. The first-order valence-electron chi connectivity index (χ1n) is 6.78. The molecule has 0 saturated heterocycles. The summed E-state index contributed by atoms with van der Waals surface area (Å²) in [4.78, 5) is 11.2. The van der Waals surface area contributed by atoms with Gasteiger partial charge in [0.15, 0.2) is 0 Å². The van der Waals surface area contributed by atoms with E-state index in [2.05, 4.69) is 4.72 Å². The Morgan fingerprint density at radius 2 is 2.00 bits per heavy atom. The normalized spacial score (nSPS) is 10.7. The topological polar surface area (TPSA) is 116 Å². The van der Waals surface area contributed by atoms with E-state index in [1.165, 1.54) is 43.5 Å². The SMILES string of the molecule is COc1ccc(C(=O)O)c(NS(=O)(=O)c2ccccc2CC#N)c1. The van der Waals surface area contributed by atoms with Crippen molar-refractivity contribution in [3.8, 4) is 11.8 Å². The van der Waals surface area contributed by atoms with Gasteiger partial charge in [0.25, 0.3) is 10.0 Å². The lowest BCUT2D eigenvalue weighted by Crippen LogP contribution is -2.17. The van der Waals surface area contributed by atoms with E-state index in [1.54, 1.807) is 6.07 Å². The Kier molecular flexibility index (Phi) is 5.06. The van der Waals surface area contributed by atoms with Crippen molar-refractivity contribution in [3.63, 3.8) is 0 Å². The zero-order chi connectivity index (χ0) is 17.7.